The first kappa shape index (κ1) is 15.6. The lowest BCUT2D eigenvalue weighted by molar-refractivity contribution is -0.139. The van der Waals surface area contributed by atoms with E-state index in [1.54, 1.807) is 17.9 Å². The van der Waals surface area contributed by atoms with Gasteiger partial charge in [-0.25, -0.2) is 9.48 Å². The fraction of sp³-hybridized carbons (Fsp3) is 0.111. The zero-order chi connectivity index (χ0) is 16.9. The van der Waals surface area contributed by atoms with Gasteiger partial charge in [-0.2, -0.15) is 0 Å². The topological polar surface area (TPSA) is 73.6 Å². The molecule has 24 heavy (non-hydrogen) atoms. The van der Waals surface area contributed by atoms with E-state index in [0.717, 1.165) is 22.7 Å². The first-order chi connectivity index (χ1) is 11.7. The highest BCUT2D eigenvalue weighted by Crippen LogP contribution is 2.28. The number of ether oxygens (including phenoxy) is 2. The van der Waals surface area contributed by atoms with Crippen LogP contribution >= 0.6 is 0 Å². The van der Waals surface area contributed by atoms with Crippen LogP contribution in [0, 0.1) is 0 Å². The summed E-state index contributed by atoms with van der Waals surface area (Å²) in [4.78, 5) is 10.7. The minimum atomic E-state index is -1.05. The van der Waals surface area contributed by atoms with Gasteiger partial charge in [0.2, 0.25) is 5.88 Å². The van der Waals surface area contributed by atoms with Crippen LogP contribution in [0.1, 0.15) is 0 Å². The quantitative estimate of drug-likeness (QED) is 0.754. The lowest BCUT2D eigenvalue weighted by Gasteiger charge is -2.07. The van der Waals surface area contributed by atoms with Crippen molar-refractivity contribution < 1.29 is 19.4 Å². The van der Waals surface area contributed by atoms with Crippen LogP contribution in [0.25, 0.3) is 16.9 Å². The maximum absolute atomic E-state index is 10.7. The molecule has 1 heterocycles. The number of methoxy groups -OCH3 is 1. The Kier molecular flexibility index (Phi) is 4.47. The van der Waals surface area contributed by atoms with Gasteiger partial charge in [-0.1, -0.05) is 18.2 Å². The van der Waals surface area contributed by atoms with E-state index in [0.29, 0.717) is 0 Å². The second-order valence-electron chi connectivity index (χ2n) is 5.03. The number of carboxylic acid groups (broad SMARTS) is 1. The average molecular weight is 324 g/mol. The van der Waals surface area contributed by atoms with Crippen molar-refractivity contribution in [1.82, 2.24) is 9.78 Å². The molecule has 0 aliphatic rings. The smallest absolute Gasteiger partial charge is 0.341 e. The SMILES string of the molecule is COc1ccc(-c2cc(OCC(=O)O)nn2-c2ccccc2)cc1. The number of hydrogen-bond donors (Lipinski definition) is 1. The third-order valence-electron chi connectivity index (χ3n) is 3.42. The van der Waals surface area contributed by atoms with Crippen LogP contribution in [0.4, 0.5) is 0 Å². The zero-order valence-electron chi connectivity index (χ0n) is 13.0. The Morgan fingerprint density at radius 3 is 2.46 bits per heavy atom. The van der Waals surface area contributed by atoms with E-state index < -0.39 is 12.6 Å². The van der Waals surface area contributed by atoms with Crippen LogP contribution < -0.4 is 9.47 Å². The van der Waals surface area contributed by atoms with Gasteiger partial charge in [0.25, 0.3) is 0 Å². The van der Waals surface area contributed by atoms with E-state index in [1.807, 2.05) is 54.6 Å². The van der Waals surface area contributed by atoms with E-state index in [2.05, 4.69) is 5.10 Å². The summed E-state index contributed by atoms with van der Waals surface area (Å²) in [6.45, 7) is -0.437. The average Bonchev–Trinajstić information content (AvgIpc) is 3.05. The summed E-state index contributed by atoms with van der Waals surface area (Å²) in [6, 6.07) is 18.8. The number of carboxylic acids is 1. The molecule has 122 valence electrons. The molecular weight excluding hydrogens is 308 g/mol. The van der Waals surface area contributed by atoms with Gasteiger partial charge in [-0.3, -0.25) is 0 Å². The van der Waals surface area contributed by atoms with E-state index in [9.17, 15) is 4.79 Å². The summed E-state index contributed by atoms with van der Waals surface area (Å²) >= 11 is 0. The number of nitrogens with zero attached hydrogens (tertiary/aromatic N) is 2. The van der Waals surface area contributed by atoms with Gasteiger partial charge < -0.3 is 14.6 Å². The molecule has 0 aliphatic heterocycles. The predicted molar refractivity (Wildman–Crippen MR) is 88.7 cm³/mol. The minimum absolute atomic E-state index is 0.257. The van der Waals surface area contributed by atoms with Gasteiger partial charge in [0.15, 0.2) is 6.61 Å². The van der Waals surface area contributed by atoms with Crippen molar-refractivity contribution in [3.8, 4) is 28.6 Å². The molecule has 0 amide bonds. The molecule has 6 nitrogen and oxygen atoms in total. The minimum Gasteiger partial charge on any atom is -0.497 e. The maximum Gasteiger partial charge on any atom is 0.341 e. The van der Waals surface area contributed by atoms with Crippen LogP contribution in [-0.4, -0.2) is 34.6 Å². The lowest BCUT2D eigenvalue weighted by atomic mass is 10.1. The number of benzene rings is 2. The fourth-order valence-corrected chi connectivity index (χ4v) is 2.30. The van der Waals surface area contributed by atoms with Crippen molar-refractivity contribution in [3.63, 3.8) is 0 Å². The second-order valence-corrected chi connectivity index (χ2v) is 5.03. The molecule has 0 saturated heterocycles. The highest BCUT2D eigenvalue weighted by atomic mass is 16.5. The Morgan fingerprint density at radius 1 is 1.12 bits per heavy atom. The van der Waals surface area contributed by atoms with Crippen molar-refractivity contribution in [1.29, 1.82) is 0 Å². The van der Waals surface area contributed by atoms with Crippen LogP contribution in [0.2, 0.25) is 0 Å². The number of aromatic nitrogens is 2. The molecule has 0 bridgehead atoms. The summed E-state index contributed by atoms with van der Waals surface area (Å²) in [5.41, 5.74) is 2.56. The van der Waals surface area contributed by atoms with Crippen LogP contribution in [0.3, 0.4) is 0 Å². The lowest BCUT2D eigenvalue weighted by Crippen LogP contribution is -2.09. The number of aliphatic carboxylic acids is 1. The van der Waals surface area contributed by atoms with Gasteiger partial charge in [0, 0.05) is 11.6 Å². The normalized spacial score (nSPS) is 10.4. The summed E-state index contributed by atoms with van der Waals surface area (Å²) in [5, 5.41) is 13.1. The Hall–Kier alpha value is -3.28. The molecule has 0 fully saturated rings. The van der Waals surface area contributed by atoms with Gasteiger partial charge in [0.1, 0.15) is 5.75 Å². The zero-order valence-corrected chi connectivity index (χ0v) is 13.0. The van der Waals surface area contributed by atoms with Gasteiger partial charge in [-0.05, 0) is 36.4 Å². The molecular formula is C18H16N2O4. The standard InChI is InChI=1S/C18H16N2O4/c1-23-15-9-7-13(8-10-15)16-11-17(24-12-18(21)22)19-20(16)14-5-3-2-4-6-14/h2-11H,12H2,1H3,(H,21,22). The van der Waals surface area contributed by atoms with Gasteiger partial charge in [-0.15, -0.1) is 5.10 Å². The fourth-order valence-electron chi connectivity index (χ4n) is 2.30. The first-order valence-electron chi connectivity index (χ1n) is 7.32. The molecule has 0 atom stereocenters. The van der Waals surface area contributed by atoms with E-state index in [4.69, 9.17) is 14.6 Å². The van der Waals surface area contributed by atoms with Crippen molar-refractivity contribution >= 4 is 5.97 Å². The van der Waals surface area contributed by atoms with Crippen LogP contribution in [-0.2, 0) is 4.79 Å². The second kappa shape index (κ2) is 6.87. The largest absolute Gasteiger partial charge is 0.497 e. The van der Waals surface area contributed by atoms with Crippen molar-refractivity contribution in [2.45, 2.75) is 0 Å². The molecule has 3 rings (SSSR count). The molecule has 0 radical (unpaired) electrons. The molecule has 1 N–H and O–H groups in total. The Labute approximate surface area is 138 Å². The van der Waals surface area contributed by atoms with E-state index in [-0.39, 0.29) is 5.88 Å². The van der Waals surface area contributed by atoms with E-state index >= 15 is 0 Å². The first-order valence-corrected chi connectivity index (χ1v) is 7.32. The molecule has 0 unspecified atom stereocenters. The number of carbonyl (C=O) groups is 1. The Bertz CT molecular complexity index is 826. The maximum atomic E-state index is 10.7. The highest BCUT2D eigenvalue weighted by molar-refractivity contribution is 5.69. The van der Waals surface area contributed by atoms with Gasteiger partial charge >= 0.3 is 5.97 Å². The number of rotatable bonds is 6. The molecule has 2 aromatic carbocycles. The van der Waals surface area contributed by atoms with Crippen LogP contribution in [0.5, 0.6) is 11.6 Å². The monoisotopic (exact) mass is 324 g/mol. The Morgan fingerprint density at radius 2 is 1.83 bits per heavy atom. The highest BCUT2D eigenvalue weighted by Gasteiger charge is 2.13. The summed E-state index contributed by atoms with van der Waals surface area (Å²) in [6.07, 6.45) is 0. The third-order valence-corrected chi connectivity index (χ3v) is 3.42. The molecule has 1 aromatic heterocycles. The van der Waals surface area contributed by atoms with Crippen molar-refractivity contribution in [2.24, 2.45) is 0 Å². The third kappa shape index (κ3) is 3.38. The predicted octanol–water partition coefficient (Wildman–Crippen LogP) is 3.01. The molecule has 6 heteroatoms. The number of hydrogen-bond acceptors (Lipinski definition) is 4. The summed E-state index contributed by atoms with van der Waals surface area (Å²) < 4.78 is 12.1. The molecule has 3 aromatic rings. The van der Waals surface area contributed by atoms with Gasteiger partial charge in [0.05, 0.1) is 18.5 Å². The van der Waals surface area contributed by atoms with E-state index in [1.165, 1.54) is 0 Å². The number of para-hydroxylation sites is 1. The summed E-state index contributed by atoms with van der Waals surface area (Å²) in [7, 11) is 1.61. The van der Waals surface area contributed by atoms with Crippen LogP contribution in [0.15, 0.2) is 60.7 Å². The van der Waals surface area contributed by atoms with Crippen molar-refractivity contribution in [2.75, 3.05) is 13.7 Å². The summed E-state index contributed by atoms with van der Waals surface area (Å²) in [5.74, 6) is -0.0331. The molecule has 0 spiro atoms. The van der Waals surface area contributed by atoms with Crippen molar-refractivity contribution in [3.05, 3.63) is 60.7 Å². The Balaban J connectivity index is 2.03. The molecule has 0 saturated carbocycles. The molecule has 0 aliphatic carbocycles.